The summed E-state index contributed by atoms with van der Waals surface area (Å²) in [5, 5.41) is 5.22. The Morgan fingerprint density at radius 3 is 3.00 bits per heavy atom. The van der Waals surface area contributed by atoms with Crippen LogP contribution < -0.4 is 5.32 Å². The summed E-state index contributed by atoms with van der Waals surface area (Å²) >= 11 is 7.83. The van der Waals surface area contributed by atoms with Crippen molar-refractivity contribution in [2.75, 3.05) is 24.2 Å². The van der Waals surface area contributed by atoms with Crippen molar-refractivity contribution in [3.8, 4) is 0 Å². The van der Waals surface area contributed by atoms with Crippen molar-refractivity contribution < 1.29 is 0 Å². The van der Waals surface area contributed by atoms with Gasteiger partial charge >= 0.3 is 0 Å². The van der Waals surface area contributed by atoms with E-state index in [1.54, 1.807) is 0 Å². The summed E-state index contributed by atoms with van der Waals surface area (Å²) in [5.41, 5.74) is 2.31. The monoisotopic (exact) mass is 309 g/mol. The van der Waals surface area contributed by atoms with Crippen LogP contribution in [0.2, 0.25) is 5.02 Å². The van der Waals surface area contributed by atoms with E-state index in [1.165, 1.54) is 31.5 Å². The largest absolute Gasteiger partial charge is 0.335 e. The Balaban J connectivity index is 1.55. The lowest BCUT2D eigenvalue weighted by molar-refractivity contribution is 0.280. The van der Waals surface area contributed by atoms with Crippen molar-refractivity contribution in [1.29, 1.82) is 0 Å². The molecule has 1 aromatic rings. The summed E-state index contributed by atoms with van der Waals surface area (Å²) in [6.07, 6.45) is 2.70. The highest BCUT2D eigenvalue weighted by molar-refractivity contribution is 8.14. The number of nitrogens with one attached hydrogen (secondary N) is 1. The van der Waals surface area contributed by atoms with E-state index in [0.29, 0.717) is 6.04 Å². The minimum absolute atomic E-state index is 0.624. The Labute approximate surface area is 129 Å². The molecule has 0 amide bonds. The normalized spacial score (nSPS) is 20.2. The van der Waals surface area contributed by atoms with E-state index in [2.05, 4.69) is 22.1 Å². The first-order chi connectivity index (χ1) is 9.72. The van der Waals surface area contributed by atoms with Crippen molar-refractivity contribution in [2.45, 2.75) is 32.4 Å². The molecule has 0 unspecified atom stereocenters. The minimum Gasteiger partial charge on any atom is -0.335 e. The molecule has 1 saturated heterocycles. The van der Waals surface area contributed by atoms with Crippen LogP contribution in [0.25, 0.3) is 0 Å². The van der Waals surface area contributed by atoms with Crippen LogP contribution >= 0.6 is 23.4 Å². The average molecular weight is 310 g/mol. The maximum Gasteiger partial charge on any atom is 0.161 e. The third-order valence-corrected chi connectivity index (χ3v) is 5.32. The van der Waals surface area contributed by atoms with Crippen LogP contribution in [0.5, 0.6) is 0 Å². The minimum atomic E-state index is 0.624. The van der Waals surface area contributed by atoms with Gasteiger partial charge in [0, 0.05) is 22.5 Å². The molecule has 3 nitrogen and oxygen atoms in total. The molecule has 0 bridgehead atoms. The fraction of sp³-hybridized carbons (Fsp3) is 0.533. The van der Waals surface area contributed by atoms with Gasteiger partial charge in [-0.2, -0.15) is 0 Å². The van der Waals surface area contributed by atoms with Gasteiger partial charge in [0.15, 0.2) is 5.17 Å². The molecule has 0 spiro atoms. The van der Waals surface area contributed by atoms with Gasteiger partial charge in [-0.3, -0.25) is 9.89 Å². The fourth-order valence-electron chi connectivity index (χ4n) is 2.70. The first-order valence-corrected chi connectivity index (χ1v) is 8.55. The van der Waals surface area contributed by atoms with E-state index in [4.69, 9.17) is 11.6 Å². The lowest BCUT2D eigenvalue weighted by Gasteiger charge is -2.24. The molecule has 1 aromatic carbocycles. The second kappa shape index (κ2) is 6.37. The van der Waals surface area contributed by atoms with Gasteiger partial charge in [0.1, 0.15) is 0 Å². The van der Waals surface area contributed by atoms with Crippen molar-refractivity contribution in [3.63, 3.8) is 0 Å². The fourth-order valence-corrected chi connectivity index (χ4v) is 3.84. The van der Waals surface area contributed by atoms with Crippen LogP contribution in [0.15, 0.2) is 23.2 Å². The van der Waals surface area contributed by atoms with Gasteiger partial charge in [-0.1, -0.05) is 23.4 Å². The number of thioether (sulfide) groups is 1. The van der Waals surface area contributed by atoms with Gasteiger partial charge in [0.2, 0.25) is 0 Å². The number of likely N-dealkylation sites (tertiary alicyclic amines) is 1. The van der Waals surface area contributed by atoms with Crippen LogP contribution in [-0.4, -0.2) is 35.0 Å². The summed E-state index contributed by atoms with van der Waals surface area (Å²) in [6.45, 7) is 5.55. The Bertz CT molecular complexity index is 512. The number of anilines is 1. The molecular weight excluding hydrogens is 290 g/mol. The highest BCUT2D eigenvalue weighted by atomic mass is 35.5. The smallest absolute Gasteiger partial charge is 0.161 e. The van der Waals surface area contributed by atoms with E-state index in [1.807, 2.05) is 30.0 Å². The molecule has 1 atom stereocenters. The zero-order valence-electron chi connectivity index (χ0n) is 11.7. The predicted octanol–water partition coefficient (Wildman–Crippen LogP) is 3.84. The number of nitrogens with zero attached hydrogens (tertiary/aromatic N) is 2. The van der Waals surface area contributed by atoms with Crippen LogP contribution in [-0.2, 0) is 6.54 Å². The number of amidine groups is 1. The zero-order chi connectivity index (χ0) is 13.9. The maximum atomic E-state index is 6.00. The molecule has 2 aliphatic heterocycles. The third kappa shape index (κ3) is 3.30. The SMILES string of the molecule is C[C@H](CSC1=NCc2cc(Cl)ccc2N1)N1CCCC1. The van der Waals surface area contributed by atoms with E-state index < -0.39 is 0 Å². The summed E-state index contributed by atoms with van der Waals surface area (Å²) < 4.78 is 0. The second-order valence-electron chi connectivity index (χ2n) is 5.45. The molecule has 1 N–H and O–H groups in total. The van der Waals surface area contributed by atoms with Crippen molar-refractivity contribution >= 4 is 34.2 Å². The van der Waals surface area contributed by atoms with E-state index in [0.717, 1.165) is 28.2 Å². The van der Waals surface area contributed by atoms with Gasteiger partial charge in [-0.15, -0.1) is 0 Å². The summed E-state index contributed by atoms with van der Waals surface area (Å²) in [6, 6.07) is 6.57. The van der Waals surface area contributed by atoms with Crippen molar-refractivity contribution in [2.24, 2.45) is 4.99 Å². The molecule has 108 valence electrons. The van der Waals surface area contributed by atoms with E-state index >= 15 is 0 Å². The highest BCUT2D eigenvalue weighted by Crippen LogP contribution is 2.27. The van der Waals surface area contributed by atoms with Crippen molar-refractivity contribution in [1.82, 2.24) is 4.90 Å². The average Bonchev–Trinajstić information content (AvgIpc) is 2.99. The number of fused-ring (bicyclic) bond motifs is 1. The summed E-state index contributed by atoms with van der Waals surface area (Å²) in [5.74, 6) is 1.09. The van der Waals surface area contributed by atoms with Gasteiger partial charge in [-0.05, 0) is 56.6 Å². The molecular formula is C15H20ClN3S. The Morgan fingerprint density at radius 1 is 1.40 bits per heavy atom. The molecule has 0 radical (unpaired) electrons. The predicted molar refractivity (Wildman–Crippen MR) is 88.9 cm³/mol. The molecule has 0 aromatic heterocycles. The highest BCUT2D eigenvalue weighted by Gasteiger charge is 2.19. The van der Waals surface area contributed by atoms with Gasteiger partial charge in [0.05, 0.1) is 6.54 Å². The molecule has 3 rings (SSSR count). The number of benzene rings is 1. The molecule has 5 heteroatoms. The maximum absolute atomic E-state index is 6.00. The third-order valence-electron chi connectivity index (χ3n) is 3.93. The molecule has 2 aliphatic rings. The van der Waals surface area contributed by atoms with Gasteiger partial charge in [0.25, 0.3) is 0 Å². The summed E-state index contributed by atoms with van der Waals surface area (Å²) in [4.78, 5) is 7.18. The number of rotatable bonds is 3. The second-order valence-corrected chi connectivity index (χ2v) is 6.90. The Hall–Kier alpha value is -0.710. The Kier molecular flexibility index (Phi) is 4.54. The van der Waals surface area contributed by atoms with E-state index in [-0.39, 0.29) is 0 Å². The lowest BCUT2D eigenvalue weighted by Crippen LogP contribution is -2.32. The van der Waals surface area contributed by atoms with Crippen molar-refractivity contribution in [3.05, 3.63) is 28.8 Å². The molecule has 0 aliphatic carbocycles. The number of hydrogen-bond donors (Lipinski definition) is 1. The first kappa shape index (κ1) is 14.2. The zero-order valence-corrected chi connectivity index (χ0v) is 13.3. The van der Waals surface area contributed by atoms with E-state index in [9.17, 15) is 0 Å². The summed E-state index contributed by atoms with van der Waals surface area (Å²) in [7, 11) is 0. The van der Waals surface area contributed by atoms with Crippen LogP contribution in [0.1, 0.15) is 25.3 Å². The molecule has 1 fully saturated rings. The molecule has 0 saturated carbocycles. The number of aliphatic imine (C=N–C) groups is 1. The van der Waals surface area contributed by atoms with Gasteiger partial charge in [-0.25, -0.2) is 0 Å². The lowest BCUT2D eigenvalue weighted by atomic mass is 10.1. The van der Waals surface area contributed by atoms with Gasteiger partial charge < -0.3 is 5.32 Å². The van der Waals surface area contributed by atoms with Crippen LogP contribution in [0.4, 0.5) is 5.69 Å². The quantitative estimate of drug-likeness (QED) is 0.919. The molecule has 20 heavy (non-hydrogen) atoms. The van der Waals surface area contributed by atoms with Crippen LogP contribution in [0.3, 0.4) is 0 Å². The number of hydrogen-bond acceptors (Lipinski definition) is 4. The number of halogens is 1. The van der Waals surface area contributed by atoms with Crippen LogP contribution in [0, 0.1) is 0 Å². The first-order valence-electron chi connectivity index (χ1n) is 7.19. The Morgan fingerprint density at radius 2 is 2.20 bits per heavy atom. The standard InChI is InChI=1S/C15H20ClN3S/c1-11(19-6-2-3-7-19)10-20-15-17-9-12-8-13(16)4-5-14(12)18-15/h4-5,8,11H,2-3,6-7,9-10H2,1H3,(H,17,18)/t11-/m1/s1. The molecule has 2 heterocycles. The topological polar surface area (TPSA) is 27.6 Å².